The summed E-state index contributed by atoms with van der Waals surface area (Å²) in [5, 5.41) is 3.04. The van der Waals surface area contributed by atoms with Gasteiger partial charge in [-0.15, -0.1) is 0 Å². The van der Waals surface area contributed by atoms with E-state index in [1.807, 2.05) is 0 Å². The molecule has 3 rings (SSSR count). The quantitative estimate of drug-likeness (QED) is 0.860. The summed E-state index contributed by atoms with van der Waals surface area (Å²) in [4.78, 5) is 16.7. The third kappa shape index (κ3) is 5.58. The Labute approximate surface area is 145 Å². The number of carbonyl (C=O) groups is 1. The fraction of sp³-hybridized carbons (Fsp3) is 0.632. The molecule has 1 aromatic rings. The Morgan fingerprint density at radius 2 is 1.58 bits per heavy atom. The molecule has 0 spiro atoms. The molecule has 1 aromatic carbocycles. The van der Waals surface area contributed by atoms with Gasteiger partial charge >= 0.3 is 0 Å². The van der Waals surface area contributed by atoms with Gasteiger partial charge < -0.3 is 10.1 Å². The van der Waals surface area contributed by atoms with E-state index in [1.165, 1.54) is 24.8 Å². The second kappa shape index (κ2) is 9.16. The highest BCUT2D eigenvalue weighted by Gasteiger charge is 2.13. The van der Waals surface area contributed by atoms with Crippen molar-refractivity contribution in [1.29, 1.82) is 0 Å². The number of nitrogens with one attached hydrogen (secondary N) is 1. The molecule has 0 saturated carbocycles. The van der Waals surface area contributed by atoms with Crippen molar-refractivity contribution in [2.75, 3.05) is 45.9 Å². The number of likely N-dealkylation sites (tertiary alicyclic amines) is 1. The molecule has 0 unspecified atom stereocenters. The molecule has 132 valence electrons. The van der Waals surface area contributed by atoms with Crippen molar-refractivity contribution in [2.45, 2.75) is 32.4 Å². The Morgan fingerprint density at radius 1 is 0.917 bits per heavy atom. The van der Waals surface area contributed by atoms with Crippen LogP contribution in [0.4, 0.5) is 0 Å². The maximum absolute atomic E-state index is 12.0. The van der Waals surface area contributed by atoms with E-state index in [9.17, 15) is 4.79 Å². The van der Waals surface area contributed by atoms with Gasteiger partial charge in [0.25, 0.3) is 0 Å². The van der Waals surface area contributed by atoms with Crippen molar-refractivity contribution in [3.05, 3.63) is 35.4 Å². The van der Waals surface area contributed by atoms with Crippen molar-refractivity contribution < 1.29 is 9.53 Å². The van der Waals surface area contributed by atoms with E-state index in [2.05, 4.69) is 39.4 Å². The number of rotatable bonds is 6. The summed E-state index contributed by atoms with van der Waals surface area (Å²) in [5.41, 5.74) is 2.48. The third-order valence-corrected chi connectivity index (χ3v) is 4.84. The van der Waals surface area contributed by atoms with Gasteiger partial charge in [0.05, 0.1) is 19.8 Å². The van der Waals surface area contributed by atoms with Crippen molar-refractivity contribution in [1.82, 2.24) is 15.1 Å². The smallest absolute Gasteiger partial charge is 0.234 e. The maximum atomic E-state index is 12.0. The summed E-state index contributed by atoms with van der Waals surface area (Å²) in [6.45, 7) is 7.93. The summed E-state index contributed by atoms with van der Waals surface area (Å²) >= 11 is 0. The highest BCUT2D eigenvalue weighted by Crippen LogP contribution is 2.10. The first-order chi connectivity index (χ1) is 11.8. The van der Waals surface area contributed by atoms with Gasteiger partial charge in [0.1, 0.15) is 0 Å². The molecule has 2 aliphatic rings. The molecule has 2 aliphatic heterocycles. The number of morpholine rings is 1. The van der Waals surface area contributed by atoms with Crippen LogP contribution >= 0.6 is 0 Å². The van der Waals surface area contributed by atoms with Crippen LogP contribution in [0.3, 0.4) is 0 Å². The summed E-state index contributed by atoms with van der Waals surface area (Å²) < 4.78 is 5.38. The molecule has 2 saturated heterocycles. The predicted molar refractivity (Wildman–Crippen MR) is 94.7 cm³/mol. The van der Waals surface area contributed by atoms with Crippen LogP contribution in [0.1, 0.15) is 30.4 Å². The SMILES string of the molecule is O=C(CN1CCCCC1)NCc1ccc(CN2CCOCC2)cc1. The molecule has 5 heteroatoms. The summed E-state index contributed by atoms with van der Waals surface area (Å²) in [7, 11) is 0. The van der Waals surface area contributed by atoms with Crippen LogP contribution in [0.5, 0.6) is 0 Å². The first-order valence-electron chi connectivity index (χ1n) is 9.16. The minimum absolute atomic E-state index is 0.134. The average molecular weight is 331 g/mol. The van der Waals surface area contributed by atoms with Gasteiger partial charge in [-0.3, -0.25) is 14.6 Å². The molecule has 24 heavy (non-hydrogen) atoms. The van der Waals surface area contributed by atoms with Crippen LogP contribution in [-0.2, 0) is 22.6 Å². The van der Waals surface area contributed by atoms with E-state index < -0.39 is 0 Å². The van der Waals surface area contributed by atoms with E-state index in [0.717, 1.165) is 51.5 Å². The lowest BCUT2D eigenvalue weighted by Gasteiger charge is -2.26. The molecule has 1 amide bonds. The minimum atomic E-state index is 0.134. The largest absolute Gasteiger partial charge is 0.379 e. The predicted octanol–water partition coefficient (Wildman–Crippen LogP) is 1.62. The van der Waals surface area contributed by atoms with Crippen LogP contribution in [0.15, 0.2) is 24.3 Å². The van der Waals surface area contributed by atoms with Gasteiger partial charge in [-0.1, -0.05) is 30.7 Å². The van der Waals surface area contributed by atoms with Gasteiger partial charge in [0.15, 0.2) is 0 Å². The minimum Gasteiger partial charge on any atom is -0.379 e. The second-order valence-electron chi connectivity index (χ2n) is 6.82. The highest BCUT2D eigenvalue weighted by molar-refractivity contribution is 5.78. The summed E-state index contributed by atoms with van der Waals surface area (Å²) in [6, 6.07) is 8.58. The highest BCUT2D eigenvalue weighted by atomic mass is 16.5. The normalized spacial score (nSPS) is 20.0. The summed E-state index contributed by atoms with van der Waals surface area (Å²) in [6.07, 6.45) is 3.74. The lowest BCUT2D eigenvalue weighted by molar-refractivity contribution is -0.122. The van der Waals surface area contributed by atoms with Crippen molar-refractivity contribution >= 4 is 5.91 Å². The van der Waals surface area contributed by atoms with Gasteiger partial charge in [-0.2, -0.15) is 0 Å². The standard InChI is InChI=1S/C19H29N3O2/c23-19(16-21-8-2-1-3-9-21)20-14-17-4-6-18(7-5-17)15-22-10-12-24-13-11-22/h4-7H,1-3,8-16H2,(H,20,23). The van der Waals surface area contributed by atoms with E-state index >= 15 is 0 Å². The van der Waals surface area contributed by atoms with Crippen LogP contribution in [0.2, 0.25) is 0 Å². The van der Waals surface area contributed by atoms with E-state index in [0.29, 0.717) is 13.1 Å². The Bertz CT molecular complexity index is 506. The van der Waals surface area contributed by atoms with Crippen molar-refractivity contribution in [2.24, 2.45) is 0 Å². The lowest BCUT2D eigenvalue weighted by atomic mass is 10.1. The molecule has 0 atom stereocenters. The zero-order chi connectivity index (χ0) is 16.6. The number of benzene rings is 1. The van der Waals surface area contributed by atoms with Crippen LogP contribution < -0.4 is 5.32 Å². The van der Waals surface area contributed by atoms with E-state index in [1.54, 1.807) is 0 Å². The second-order valence-corrected chi connectivity index (χ2v) is 6.82. The molecule has 2 heterocycles. The molecular formula is C19H29N3O2. The maximum Gasteiger partial charge on any atom is 0.234 e. The van der Waals surface area contributed by atoms with E-state index in [4.69, 9.17) is 4.74 Å². The molecule has 0 aromatic heterocycles. The Kier molecular flexibility index (Phi) is 6.64. The molecule has 2 fully saturated rings. The number of amides is 1. The molecule has 1 N–H and O–H groups in total. The number of ether oxygens (including phenoxy) is 1. The molecule has 0 radical (unpaired) electrons. The number of nitrogens with zero attached hydrogens (tertiary/aromatic N) is 2. The van der Waals surface area contributed by atoms with Gasteiger partial charge in [0, 0.05) is 26.2 Å². The Hall–Kier alpha value is -1.43. The zero-order valence-corrected chi connectivity index (χ0v) is 14.5. The topological polar surface area (TPSA) is 44.8 Å². The van der Waals surface area contributed by atoms with Crippen LogP contribution in [0, 0.1) is 0 Å². The number of carbonyl (C=O) groups excluding carboxylic acids is 1. The Morgan fingerprint density at radius 3 is 2.29 bits per heavy atom. The van der Waals surface area contributed by atoms with Crippen molar-refractivity contribution in [3.8, 4) is 0 Å². The van der Waals surface area contributed by atoms with Crippen LogP contribution in [-0.4, -0.2) is 61.6 Å². The fourth-order valence-electron chi connectivity index (χ4n) is 3.36. The number of hydrogen-bond donors (Lipinski definition) is 1. The molecular weight excluding hydrogens is 302 g/mol. The van der Waals surface area contributed by atoms with Crippen molar-refractivity contribution in [3.63, 3.8) is 0 Å². The van der Waals surface area contributed by atoms with Gasteiger partial charge in [-0.05, 0) is 37.1 Å². The first-order valence-corrected chi connectivity index (χ1v) is 9.16. The monoisotopic (exact) mass is 331 g/mol. The fourth-order valence-corrected chi connectivity index (χ4v) is 3.36. The zero-order valence-electron chi connectivity index (χ0n) is 14.5. The molecule has 5 nitrogen and oxygen atoms in total. The molecule has 0 bridgehead atoms. The first kappa shape index (κ1) is 17.4. The Balaban J connectivity index is 1.39. The van der Waals surface area contributed by atoms with Gasteiger partial charge in [0.2, 0.25) is 5.91 Å². The van der Waals surface area contributed by atoms with Gasteiger partial charge in [-0.25, -0.2) is 0 Å². The average Bonchev–Trinajstić information content (AvgIpc) is 2.63. The summed E-state index contributed by atoms with van der Waals surface area (Å²) in [5.74, 6) is 0.134. The van der Waals surface area contributed by atoms with Crippen LogP contribution in [0.25, 0.3) is 0 Å². The number of hydrogen-bond acceptors (Lipinski definition) is 4. The lowest BCUT2D eigenvalue weighted by Crippen LogP contribution is -2.39. The number of piperidine rings is 1. The van der Waals surface area contributed by atoms with E-state index in [-0.39, 0.29) is 5.91 Å². The third-order valence-electron chi connectivity index (χ3n) is 4.84. The molecule has 0 aliphatic carbocycles.